The molecule has 1 aliphatic heterocycles. The van der Waals surface area contributed by atoms with Crippen LogP contribution in [-0.2, 0) is 0 Å². The Bertz CT molecular complexity index is 1090. The van der Waals surface area contributed by atoms with Gasteiger partial charge < -0.3 is 4.90 Å². The average molecular weight is 391 g/mol. The lowest BCUT2D eigenvalue weighted by atomic mass is 10.1. The molecule has 1 amide bonds. The van der Waals surface area contributed by atoms with Crippen molar-refractivity contribution in [1.82, 2.24) is 24.6 Å². The van der Waals surface area contributed by atoms with Gasteiger partial charge in [0.2, 0.25) is 0 Å². The molecule has 1 saturated heterocycles. The van der Waals surface area contributed by atoms with Gasteiger partial charge in [0.05, 0.1) is 23.1 Å². The lowest BCUT2D eigenvalue weighted by Crippen LogP contribution is -2.37. The molecule has 0 radical (unpaired) electrons. The van der Waals surface area contributed by atoms with Crippen LogP contribution in [0.5, 0.6) is 0 Å². The second-order valence-corrected chi connectivity index (χ2v) is 8.05. The van der Waals surface area contributed by atoms with Crippen molar-refractivity contribution in [3.63, 3.8) is 0 Å². The van der Waals surface area contributed by atoms with Crippen LogP contribution in [0, 0.1) is 25.6 Å². The fourth-order valence-electron chi connectivity index (χ4n) is 4.58. The van der Waals surface area contributed by atoms with Gasteiger partial charge in [-0.25, -0.2) is 19.0 Å². The van der Waals surface area contributed by atoms with E-state index in [1.165, 1.54) is 18.6 Å². The number of piperidine rings is 1. The van der Waals surface area contributed by atoms with Crippen molar-refractivity contribution < 1.29 is 9.18 Å². The third kappa shape index (κ3) is 3.01. The predicted molar refractivity (Wildman–Crippen MR) is 106 cm³/mol. The normalized spacial score (nSPS) is 20.4. The third-order valence-electron chi connectivity index (χ3n) is 6.18. The number of carbonyl (C=O) groups is 1. The van der Waals surface area contributed by atoms with Crippen LogP contribution in [0.15, 0.2) is 36.7 Å². The minimum Gasteiger partial charge on any atom is -0.335 e. The molecule has 1 aliphatic carbocycles. The van der Waals surface area contributed by atoms with Gasteiger partial charge in [-0.3, -0.25) is 4.79 Å². The van der Waals surface area contributed by atoms with Gasteiger partial charge in [-0.2, -0.15) is 5.10 Å². The summed E-state index contributed by atoms with van der Waals surface area (Å²) in [6.07, 6.45) is 6.80. The van der Waals surface area contributed by atoms with E-state index in [1.54, 1.807) is 29.2 Å². The third-order valence-corrected chi connectivity index (χ3v) is 6.18. The zero-order valence-electron chi connectivity index (χ0n) is 16.5. The Balaban J connectivity index is 1.48. The van der Waals surface area contributed by atoms with Crippen LogP contribution in [-0.4, -0.2) is 43.1 Å². The lowest BCUT2D eigenvalue weighted by molar-refractivity contribution is 0.0703. The quantitative estimate of drug-likeness (QED) is 0.683. The van der Waals surface area contributed by atoms with Crippen molar-refractivity contribution in [2.75, 3.05) is 6.54 Å². The highest BCUT2D eigenvalue weighted by atomic mass is 19.1. The van der Waals surface area contributed by atoms with Crippen LogP contribution >= 0.6 is 0 Å². The summed E-state index contributed by atoms with van der Waals surface area (Å²) in [5.74, 6) is 0.807. The van der Waals surface area contributed by atoms with E-state index in [4.69, 9.17) is 0 Å². The van der Waals surface area contributed by atoms with E-state index in [0.717, 1.165) is 41.9 Å². The number of likely N-dealkylation sites (tertiary alicyclic amines) is 1. The fraction of sp³-hybridized carbons (Fsp3) is 0.364. The van der Waals surface area contributed by atoms with Gasteiger partial charge in [0.25, 0.3) is 11.9 Å². The molecule has 0 N–H and O–H groups in total. The summed E-state index contributed by atoms with van der Waals surface area (Å²) in [5.41, 5.74) is 3.74. The summed E-state index contributed by atoms with van der Waals surface area (Å²) in [7, 11) is 0. The number of hydrogen-bond donors (Lipinski definition) is 0. The number of amides is 1. The molecule has 6 nitrogen and oxygen atoms in total. The number of nitrogens with zero attached hydrogens (tertiary/aromatic N) is 5. The molecule has 2 aromatic heterocycles. The molecule has 2 atom stereocenters. The highest BCUT2D eigenvalue weighted by Crippen LogP contribution is 2.38. The van der Waals surface area contributed by atoms with Crippen LogP contribution in [0.2, 0.25) is 0 Å². The van der Waals surface area contributed by atoms with Crippen LogP contribution in [0.3, 0.4) is 0 Å². The number of aryl methyl sites for hydroxylation is 1. The van der Waals surface area contributed by atoms with Crippen molar-refractivity contribution in [2.24, 2.45) is 5.92 Å². The Hall–Kier alpha value is -3.09. The van der Waals surface area contributed by atoms with Crippen LogP contribution < -0.4 is 0 Å². The molecule has 2 fully saturated rings. The Morgan fingerprint density at radius 1 is 1.14 bits per heavy atom. The Morgan fingerprint density at radius 3 is 2.62 bits per heavy atom. The van der Waals surface area contributed by atoms with Crippen LogP contribution in [0.25, 0.3) is 17.2 Å². The highest BCUT2D eigenvalue weighted by molar-refractivity contribution is 5.95. The Kier molecular flexibility index (Phi) is 4.19. The molecule has 2 aliphatic rings. The van der Waals surface area contributed by atoms with Gasteiger partial charge in [-0.05, 0) is 68.9 Å². The summed E-state index contributed by atoms with van der Waals surface area (Å²) in [5, 5.41) is 4.40. The van der Waals surface area contributed by atoms with Crippen molar-refractivity contribution in [3.8, 4) is 17.2 Å². The van der Waals surface area contributed by atoms with Gasteiger partial charge in [0.1, 0.15) is 5.82 Å². The molecule has 3 aromatic rings. The summed E-state index contributed by atoms with van der Waals surface area (Å²) in [4.78, 5) is 24.1. The zero-order valence-corrected chi connectivity index (χ0v) is 16.5. The van der Waals surface area contributed by atoms with Gasteiger partial charge in [-0.1, -0.05) is 0 Å². The average Bonchev–Trinajstić information content (AvgIpc) is 3.45. The molecular formula is C22H22FN5O. The number of carbonyl (C=O) groups excluding carboxylic acids is 1. The Labute approximate surface area is 168 Å². The SMILES string of the molecule is Cc1cnc(-n2ncc(C(=O)N3CC4CCC3C4)c2C)nc1-c1ccc(F)cc1. The van der Waals surface area contributed by atoms with E-state index in [9.17, 15) is 9.18 Å². The molecule has 0 spiro atoms. The fourth-order valence-corrected chi connectivity index (χ4v) is 4.58. The minimum absolute atomic E-state index is 0.0480. The first-order valence-corrected chi connectivity index (χ1v) is 9.97. The second-order valence-electron chi connectivity index (χ2n) is 8.05. The number of fused-ring (bicyclic) bond motifs is 2. The van der Waals surface area contributed by atoms with Crippen molar-refractivity contribution in [3.05, 3.63) is 59.3 Å². The molecule has 1 aromatic carbocycles. The van der Waals surface area contributed by atoms with Gasteiger partial charge in [-0.15, -0.1) is 0 Å². The number of aromatic nitrogens is 4. The number of hydrogen-bond acceptors (Lipinski definition) is 4. The number of rotatable bonds is 3. The topological polar surface area (TPSA) is 63.9 Å². The first-order chi connectivity index (χ1) is 14.0. The second kappa shape index (κ2) is 6.76. The van der Waals surface area contributed by atoms with Crippen LogP contribution in [0.4, 0.5) is 4.39 Å². The largest absolute Gasteiger partial charge is 0.335 e. The summed E-state index contributed by atoms with van der Waals surface area (Å²) in [6.45, 7) is 4.63. The lowest BCUT2D eigenvalue weighted by Gasteiger charge is -2.26. The first kappa shape index (κ1) is 18.0. The summed E-state index contributed by atoms with van der Waals surface area (Å²) < 4.78 is 14.9. The van der Waals surface area contributed by atoms with E-state index in [0.29, 0.717) is 23.5 Å². The molecular weight excluding hydrogens is 369 g/mol. The Morgan fingerprint density at radius 2 is 1.93 bits per heavy atom. The maximum absolute atomic E-state index is 13.3. The van der Waals surface area contributed by atoms with Crippen molar-refractivity contribution >= 4 is 5.91 Å². The van der Waals surface area contributed by atoms with Crippen molar-refractivity contribution in [1.29, 1.82) is 0 Å². The minimum atomic E-state index is -0.289. The number of benzene rings is 1. The standard InChI is InChI=1S/C22H22FN5O/c1-13-10-24-22(26-20(13)16-4-6-17(23)7-5-16)28-14(2)19(11-25-28)21(29)27-12-15-3-8-18(27)9-15/h4-7,10-11,15,18H,3,8-9,12H2,1-2H3. The summed E-state index contributed by atoms with van der Waals surface area (Å²) >= 11 is 0. The van der Waals surface area contributed by atoms with E-state index in [-0.39, 0.29) is 11.7 Å². The van der Waals surface area contributed by atoms with E-state index in [2.05, 4.69) is 15.1 Å². The monoisotopic (exact) mass is 391 g/mol. The maximum Gasteiger partial charge on any atom is 0.257 e. The predicted octanol–water partition coefficient (Wildman–Crippen LogP) is 3.71. The van der Waals surface area contributed by atoms with Gasteiger partial charge in [0.15, 0.2) is 0 Å². The molecule has 2 bridgehead atoms. The van der Waals surface area contributed by atoms with Gasteiger partial charge >= 0.3 is 0 Å². The molecule has 29 heavy (non-hydrogen) atoms. The van der Waals surface area contributed by atoms with E-state index >= 15 is 0 Å². The first-order valence-electron chi connectivity index (χ1n) is 9.97. The zero-order chi connectivity index (χ0) is 20.1. The van der Waals surface area contributed by atoms with Crippen LogP contribution in [0.1, 0.15) is 40.9 Å². The summed E-state index contributed by atoms with van der Waals surface area (Å²) in [6, 6.07) is 6.59. The van der Waals surface area contributed by atoms with Gasteiger partial charge in [0, 0.05) is 24.3 Å². The molecule has 5 rings (SSSR count). The van der Waals surface area contributed by atoms with Crippen molar-refractivity contribution in [2.45, 2.75) is 39.2 Å². The molecule has 3 heterocycles. The molecule has 7 heteroatoms. The van der Waals surface area contributed by atoms with E-state index in [1.807, 2.05) is 18.7 Å². The smallest absolute Gasteiger partial charge is 0.257 e. The molecule has 2 unspecified atom stereocenters. The molecule has 148 valence electrons. The number of halogens is 1. The maximum atomic E-state index is 13.3. The van der Waals surface area contributed by atoms with E-state index < -0.39 is 0 Å². The molecule has 1 saturated carbocycles. The highest BCUT2D eigenvalue weighted by Gasteiger charge is 2.41.